The Bertz CT molecular complexity index is 1150. The minimum atomic E-state index is -0.790. The fraction of sp³-hybridized carbons (Fsp3) is 0.208. The summed E-state index contributed by atoms with van der Waals surface area (Å²) in [6.45, 7) is 3.62. The first kappa shape index (κ1) is 23.9. The van der Waals surface area contributed by atoms with Crippen molar-refractivity contribution in [1.82, 2.24) is 0 Å². The highest BCUT2D eigenvalue weighted by molar-refractivity contribution is 8.18. The number of methoxy groups -OCH3 is 2. The number of aromatic hydroxyl groups is 1. The maximum Gasteiger partial charge on any atom is 0.344 e. The Balaban J connectivity index is 2.05. The molecule has 172 valence electrons. The highest BCUT2D eigenvalue weighted by atomic mass is 32.2. The van der Waals surface area contributed by atoms with Crippen molar-refractivity contribution >= 4 is 34.8 Å². The van der Waals surface area contributed by atoms with Gasteiger partial charge in [-0.15, -0.1) is 0 Å². The number of thioether (sulfide) groups is 1. The first-order valence-electron chi connectivity index (χ1n) is 9.94. The Morgan fingerprint density at radius 3 is 2.21 bits per heavy atom. The SMILES string of the molecule is CCOC(=O)C1=C(O)/C(=C/c2cc(OC)c(O)c(OC)c2)SC1=NC(=O)c1ccc(C)cc1. The molecule has 0 bridgehead atoms. The van der Waals surface area contributed by atoms with Crippen LogP contribution >= 0.6 is 11.8 Å². The summed E-state index contributed by atoms with van der Waals surface area (Å²) < 4.78 is 15.4. The van der Waals surface area contributed by atoms with Crippen molar-refractivity contribution in [3.05, 3.63) is 69.3 Å². The van der Waals surface area contributed by atoms with Gasteiger partial charge in [-0.05, 0) is 49.8 Å². The number of aliphatic hydroxyl groups is 1. The van der Waals surface area contributed by atoms with E-state index in [9.17, 15) is 19.8 Å². The molecule has 9 heteroatoms. The van der Waals surface area contributed by atoms with Gasteiger partial charge in [-0.1, -0.05) is 29.5 Å². The maximum atomic E-state index is 12.7. The van der Waals surface area contributed by atoms with E-state index < -0.39 is 11.9 Å². The highest BCUT2D eigenvalue weighted by Crippen LogP contribution is 2.42. The van der Waals surface area contributed by atoms with Crippen molar-refractivity contribution in [3.8, 4) is 17.2 Å². The number of esters is 1. The smallest absolute Gasteiger partial charge is 0.344 e. The lowest BCUT2D eigenvalue weighted by Gasteiger charge is -2.10. The lowest BCUT2D eigenvalue weighted by molar-refractivity contribution is -0.138. The van der Waals surface area contributed by atoms with E-state index in [0.29, 0.717) is 11.1 Å². The summed E-state index contributed by atoms with van der Waals surface area (Å²) in [6.07, 6.45) is 1.56. The van der Waals surface area contributed by atoms with Crippen LogP contribution in [0.5, 0.6) is 17.2 Å². The minimum Gasteiger partial charge on any atom is -0.506 e. The Morgan fingerprint density at radius 1 is 1.06 bits per heavy atom. The molecular weight excluding hydrogens is 446 g/mol. The molecule has 0 spiro atoms. The van der Waals surface area contributed by atoms with Crippen molar-refractivity contribution in [2.45, 2.75) is 13.8 Å². The number of phenols is 1. The molecule has 1 aliphatic rings. The summed E-state index contributed by atoms with van der Waals surface area (Å²) in [6, 6.07) is 9.92. The Kier molecular flexibility index (Phi) is 7.44. The lowest BCUT2D eigenvalue weighted by Crippen LogP contribution is -2.14. The second-order valence-electron chi connectivity index (χ2n) is 6.92. The standard InChI is InChI=1S/C24H23NO7S/c1-5-32-24(29)19-21(27)18(12-14-10-16(30-3)20(26)17(11-14)31-4)33-23(19)25-22(28)15-8-6-13(2)7-9-15/h6-12,26-27H,5H2,1-4H3/b18-12-,25-23?. The van der Waals surface area contributed by atoms with Gasteiger partial charge in [-0.25, -0.2) is 9.79 Å². The predicted octanol–water partition coefficient (Wildman–Crippen LogP) is 4.42. The third-order valence-electron chi connectivity index (χ3n) is 4.67. The van der Waals surface area contributed by atoms with Crippen molar-refractivity contribution < 1.29 is 34.0 Å². The highest BCUT2D eigenvalue weighted by Gasteiger charge is 2.34. The summed E-state index contributed by atoms with van der Waals surface area (Å²) in [5.41, 5.74) is 1.67. The van der Waals surface area contributed by atoms with Crippen molar-refractivity contribution in [2.24, 2.45) is 4.99 Å². The van der Waals surface area contributed by atoms with Crippen LogP contribution in [0.25, 0.3) is 6.08 Å². The Labute approximate surface area is 195 Å². The largest absolute Gasteiger partial charge is 0.506 e. The number of amides is 1. The number of hydrogen-bond acceptors (Lipinski definition) is 8. The van der Waals surface area contributed by atoms with Crippen LogP contribution in [0.3, 0.4) is 0 Å². The molecule has 0 atom stereocenters. The molecule has 0 saturated carbocycles. The van der Waals surface area contributed by atoms with Gasteiger partial charge in [0.05, 0.1) is 25.7 Å². The van der Waals surface area contributed by atoms with Gasteiger partial charge in [0.15, 0.2) is 11.5 Å². The molecule has 33 heavy (non-hydrogen) atoms. The average molecular weight is 470 g/mol. The van der Waals surface area contributed by atoms with Gasteiger partial charge in [0.25, 0.3) is 5.91 Å². The number of ether oxygens (including phenoxy) is 3. The Morgan fingerprint density at radius 2 is 1.67 bits per heavy atom. The summed E-state index contributed by atoms with van der Waals surface area (Å²) in [5.74, 6) is -1.54. The number of aliphatic imine (C=N–C) groups is 1. The first-order chi connectivity index (χ1) is 15.8. The van der Waals surface area contributed by atoms with Crippen molar-refractivity contribution in [2.75, 3.05) is 20.8 Å². The van der Waals surface area contributed by atoms with E-state index in [4.69, 9.17) is 14.2 Å². The molecule has 1 aliphatic heterocycles. The van der Waals surface area contributed by atoms with Crippen LogP contribution in [-0.4, -0.2) is 48.0 Å². The third-order valence-corrected chi connectivity index (χ3v) is 5.69. The molecule has 0 radical (unpaired) electrons. The van der Waals surface area contributed by atoms with Gasteiger partial charge in [0.2, 0.25) is 5.75 Å². The van der Waals surface area contributed by atoms with Gasteiger partial charge in [0, 0.05) is 5.56 Å². The van der Waals surface area contributed by atoms with Crippen LogP contribution in [0.4, 0.5) is 0 Å². The molecule has 0 aliphatic carbocycles. The second-order valence-corrected chi connectivity index (χ2v) is 7.95. The fourth-order valence-corrected chi connectivity index (χ4v) is 4.01. The van der Waals surface area contributed by atoms with E-state index in [-0.39, 0.29) is 45.1 Å². The molecule has 2 N–H and O–H groups in total. The predicted molar refractivity (Wildman–Crippen MR) is 126 cm³/mol. The van der Waals surface area contributed by atoms with Crippen LogP contribution in [-0.2, 0) is 9.53 Å². The number of aliphatic hydroxyl groups excluding tert-OH is 1. The van der Waals surface area contributed by atoms with E-state index in [1.54, 1.807) is 37.3 Å². The molecule has 1 heterocycles. The number of carbonyl (C=O) groups excluding carboxylic acids is 2. The molecule has 1 amide bonds. The fourth-order valence-electron chi connectivity index (χ4n) is 2.99. The number of aryl methyl sites for hydroxylation is 1. The van der Waals surface area contributed by atoms with E-state index in [1.165, 1.54) is 26.4 Å². The molecule has 2 aromatic rings. The second kappa shape index (κ2) is 10.3. The summed E-state index contributed by atoms with van der Waals surface area (Å²) in [7, 11) is 2.79. The summed E-state index contributed by atoms with van der Waals surface area (Å²) in [4.78, 5) is 29.5. The molecule has 0 unspecified atom stereocenters. The van der Waals surface area contributed by atoms with E-state index >= 15 is 0 Å². The Hall–Kier alpha value is -3.72. The monoisotopic (exact) mass is 469 g/mol. The van der Waals surface area contributed by atoms with Crippen LogP contribution in [0.1, 0.15) is 28.4 Å². The van der Waals surface area contributed by atoms with E-state index in [2.05, 4.69) is 4.99 Å². The normalized spacial score (nSPS) is 15.8. The molecule has 2 aromatic carbocycles. The molecule has 0 aromatic heterocycles. The van der Waals surface area contributed by atoms with E-state index in [0.717, 1.165) is 17.3 Å². The van der Waals surface area contributed by atoms with Crippen LogP contribution in [0, 0.1) is 6.92 Å². The van der Waals surface area contributed by atoms with Gasteiger partial charge < -0.3 is 24.4 Å². The summed E-state index contributed by atoms with van der Waals surface area (Å²) in [5, 5.41) is 20.9. The van der Waals surface area contributed by atoms with Crippen molar-refractivity contribution in [3.63, 3.8) is 0 Å². The topological polar surface area (TPSA) is 115 Å². The number of carbonyl (C=O) groups is 2. The number of benzene rings is 2. The first-order valence-corrected chi connectivity index (χ1v) is 10.8. The number of nitrogens with zero attached hydrogens (tertiary/aromatic N) is 1. The van der Waals surface area contributed by atoms with Gasteiger partial charge >= 0.3 is 5.97 Å². The molecule has 8 nitrogen and oxygen atoms in total. The number of phenolic OH excluding ortho intramolecular Hbond substituents is 1. The van der Waals surface area contributed by atoms with Gasteiger partial charge in [-0.3, -0.25) is 4.79 Å². The van der Waals surface area contributed by atoms with Gasteiger partial charge in [0.1, 0.15) is 16.4 Å². The van der Waals surface area contributed by atoms with Crippen LogP contribution in [0.2, 0.25) is 0 Å². The zero-order chi connectivity index (χ0) is 24.1. The lowest BCUT2D eigenvalue weighted by atomic mass is 10.1. The molecule has 3 rings (SSSR count). The minimum absolute atomic E-state index is 0.0282. The van der Waals surface area contributed by atoms with Crippen LogP contribution in [0.15, 0.2) is 57.6 Å². The molecular formula is C24H23NO7S. The quantitative estimate of drug-likeness (QED) is 0.598. The molecule has 0 fully saturated rings. The molecule has 0 saturated heterocycles. The zero-order valence-electron chi connectivity index (χ0n) is 18.5. The zero-order valence-corrected chi connectivity index (χ0v) is 19.4. The number of rotatable bonds is 6. The van der Waals surface area contributed by atoms with Crippen molar-refractivity contribution in [1.29, 1.82) is 0 Å². The number of hydrogen-bond donors (Lipinski definition) is 2. The van der Waals surface area contributed by atoms with E-state index in [1.807, 2.05) is 6.92 Å². The summed E-state index contributed by atoms with van der Waals surface area (Å²) >= 11 is 0.954. The average Bonchev–Trinajstić information content (AvgIpc) is 3.09. The third kappa shape index (κ3) is 5.20. The maximum absolute atomic E-state index is 12.7. The van der Waals surface area contributed by atoms with Gasteiger partial charge in [-0.2, -0.15) is 0 Å². The van der Waals surface area contributed by atoms with Crippen LogP contribution < -0.4 is 9.47 Å².